The van der Waals surface area contributed by atoms with E-state index in [2.05, 4.69) is 25.1 Å². The lowest BCUT2D eigenvalue weighted by molar-refractivity contribution is 0.657. The van der Waals surface area contributed by atoms with Crippen LogP contribution in [0.25, 0.3) is 55.2 Å². The normalized spacial score (nSPS) is 11.5. The number of aromatic amines is 2. The van der Waals surface area contributed by atoms with Gasteiger partial charge in [0.2, 0.25) is 0 Å². The van der Waals surface area contributed by atoms with Crippen LogP contribution >= 0.6 is 11.3 Å². The summed E-state index contributed by atoms with van der Waals surface area (Å²) in [6, 6.07) is 13.1. The van der Waals surface area contributed by atoms with Crippen LogP contribution in [0.4, 0.5) is 4.39 Å². The third-order valence-corrected chi connectivity index (χ3v) is 6.24. The Balaban J connectivity index is 1.52. The van der Waals surface area contributed by atoms with Gasteiger partial charge in [-0.3, -0.25) is 15.1 Å². The highest BCUT2D eigenvalue weighted by Crippen LogP contribution is 2.35. The maximum absolute atomic E-state index is 13.6. The minimum absolute atomic E-state index is 0.216. The summed E-state index contributed by atoms with van der Waals surface area (Å²) < 4.78 is 13.6. The predicted octanol–water partition coefficient (Wildman–Crippen LogP) is 5.74. The van der Waals surface area contributed by atoms with Crippen molar-refractivity contribution in [2.24, 2.45) is 0 Å². The minimum atomic E-state index is -0.216. The number of nitrogens with one attached hydrogen (secondary N) is 2. The molecule has 0 saturated heterocycles. The summed E-state index contributed by atoms with van der Waals surface area (Å²) in [6.07, 6.45) is 5.36. The van der Waals surface area contributed by atoms with Gasteiger partial charge >= 0.3 is 0 Å². The third kappa shape index (κ3) is 2.91. The van der Waals surface area contributed by atoms with E-state index >= 15 is 0 Å². The van der Waals surface area contributed by atoms with E-state index in [0.29, 0.717) is 11.5 Å². The van der Waals surface area contributed by atoms with Gasteiger partial charge in [0.05, 0.1) is 28.4 Å². The maximum atomic E-state index is 13.6. The molecule has 2 N–H and O–H groups in total. The Hall–Kier alpha value is -3.91. The molecule has 0 fully saturated rings. The van der Waals surface area contributed by atoms with E-state index in [0.717, 1.165) is 60.5 Å². The van der Waals surface area contributed by atoms with E-state index < -0.39 is 0 Å². The van der Waals surface area contributed by atoms with Gasteiger partial charge in [-0.2, -0.15) is 9.49 Å². The van der Waals surface area contributed by atoms with Crippen molar-refractivity contribution in [1.29, 1.82) is 0 Å². The smallest absolute Gasteiger partial charge is 0.176 e. The number of benzene rings is 1. The number of rotatable bonds is 3. The Morgan fingerprint density at radius 3 is 2.77 bits per heavy atom. The standard InChI is InChI=1S/C23H15FN6S/c1-12-7-8-25-10-15(12)17-9-14-18(11-26-17)29-30-22(14)23-27-16-4-2-3-13(21(16)28-23)19-5-6-20(24)31-19/h2-11H,1H3,(H,27,28)(H,29,30). The molecular weight excluding hydrogens is 411 g/mol. The quantitative estimate of drug-likeness (QED) is 0.378. The van der Waals surface area contributed by atoms with Crippen molar-refractivity contribution in [2.75, 3.05) is 0 Å². The number of aryl methyl sites for hydroxylation is 1. The second kappa shape index (κ2) is 6.82. The maximum Gasteiger partial charge on any atom is 0.176 e. The van der Waals surface area contributed by atoms with Crippen molar-refractivity contribution in [3.63, 3.8) is 0 Å². The van der Waals surface area contributed by atoms with Crippen molar-refractivity contribution in [3.05, 3.63) is 71.7 Å². The summed E-state index contributed by atoms with van der Waals surface area (Å²) in [5, 5.41) is 8.23. The zero-order chi connectivity index (χ0) is 20.9. The van der Waals surface area contributed by atoms with E-state index in [9.17, 15) is 4.39 Å². The minimum Gasteiger partial charge on any atom is -0.337 e. The van der Waals surface area contributed by atoms with E-state index in [-0.39, 0.29) is 5.13 Å². The van der Waals surface area contributed by atoms with Crippen LogP contribution in [0.15, 0.2) is 61.1 Å². The zero-order valence-corrected chi connectivity index (χ0v) is 17.2. The summed E-state index contributed by atoms with van der Waals surface area (Å²) in [4.78, 5) is 17.8. The van der Waals surface area contributed by atoms with Crippen LogP contribution in [0.3, 0.4) is 0 Å². The van der Waals surface area contributed by atoms with Crippen molar-refractivity contribution < 1.29 is 4.39 Å². The molecule has 0 saturated carbocycles. The van der Waals surface area contributed by atoms with Crippen molar-refractivity contribution in [3.8, 4) is 33.2 Å². The second-order valence-electron chi connectivity index (χ2n) is 7.27. The highest BCUT2D eigenvalue weighted by molar-refractivity contribution is 7.14. The lowest BCUT2D eigenvalue weighted by Gasteiger charge is -2.04. The van der Waals surface area contributed by atoms with Crippen LogP contribution in [0.5, 0.6) is 0 Å². The largest absolute Gasteiger partial charge is 0.337 e. The molecule has 0 spiro atoms. The summed E-state index contributed by atoms with van der Waals surface area (Å²) in [6.45, 7) is 2.04. The molecule has 0 aliphatic rings. The van der Waals surface area contributed by atoms with Crippen LogP contribution < -0.4 is 0 Å². The molecule has 0 bridgehead atoms. The molecule has 0 atom stereocenters. The Kier molecular flexibility index (Phi) is 3.94. The zero-order valence-electron chi connectivity index (χ0n) is 16.3. The third-order valence-electron chi connectivity index (χ3n) is 5.34. The molecule has 6 rings (SSSR count). The number of para-hydroxylation sites is 1. The number of hydrogen-bond acceptors (Lipinski definition) is 5. The number of fused-ring (bicyclic) bond motifs is 2. The summed E-state index contributed by atoms with van der Waals surface area (Å²) in [7, 11) is 0. The number of imidazole rings is 1. The van der Waals surface area contributed by atoms with Crippen molar-refractivity contribution in [2.45, 2.75) is 6.92 Å². The Morgan fingerprint density at radius 2 is 1.94 bits per heavy atom. The molecule has 5 heterocycles. The number of halogens is 1. The lowest BCUT2D eigenvalue weighted by Crippen LogP contribution is -1.88. The van der Waals surface area contributed by atoms with E-state index in [1.165, 1.54) is 6.07 Å². The van der Waals surface area contributed by atoms with Gasteiger partial charge in [-0.1, -0.05) is 12.1 Å². The average Bonchev–Trinajstić information content (AvgIpc) is 3.50. The molecular formula is C23H15FN6S. The van der Waals surface area contributed by atoms with Crippen molar-refractivity contribution in [1.82, 2.24) is 30.1 Å². The first-order valence-corrected chi connectivity index (χ1v) is 10.5. The fraction of sp³-hybridized carbons (Fsp3) is 0.0435. The molecule has 6 aromatic rings. The molecule has 8 heteroatoms. The van der Waals surface area contributed by atoms with Gasteiger partial charge < -0.3 is 4.98 Å². The molecule has 0 radical (unpaired) electrons. The first kappa shape index (κ1) is 17.9. The Morgan fingerprint density at radius 1 is 1.00 bits per heavy atom. The van der Waals surface area contributed by atoms with Gasteiger partial charge in [0, 0.05) is 33.8 Å². The number of H-pyrrole nitrogens is 2. The SMILES string of the molecule is Cc1ccncc1-c1cc2c(-c3nc4c(-c5ccc(F)s5)cccc4[nH]3)n[nH]c2cn1. The number of nitrogens with zero attached hydrogens (tertiary/aromatic N) is 4. The fourth-order valence-electron chi connectivity index (χ4n) is 3.78. The summed E-state index contributed by atoms with van der Waals surface area (Å²) in [5.41, 5.74) is 6.98. The van der Waals surface area contributed by atoms with Crippen LogP contribution in [0.1, 0.15) is 5.56 Å². The second-order valence-corrected chi connectivity index (χ2v) is 8.30. The van der Waals surface area contributed by atoms with E-state index in [1.54, 1.807) is 18.5 Å². The molecule has 0 aliphatic heterocycles. The first-order chi connectivity index (χ1) is 15.2. The number of aromatic nitrogens is 6. The van der Waals surface area contributed by atoms with E-state index in [4.69, 9.17) is 4.98 Å². The monoisotopic (exact) mass is 426 g/mol. The number of thiophene rings is 1. The van der Waals surface area contributed by atoms with Crippen LogP contribution in [0, 0.1) is 12.1 Å². The molecule has 0 aliphatic carbocycles. The van der Waals surface area contributed by atoms with Gasteiger partial charge in [-0.15, -0.1) is 11.3 Å². The van der Waals surface area contributed by atoms with Crippen molar-refractivity contribution >= 4 is 33.3 Å². The summed E-state index contributed by atoms with van der Waals surface area (Å²) in [5.74, 6) is 0.644. The molecule has 150 valence electrons. The first-order valence-electron chi connectivity index (χ1n) is 9.67. The van der Waals surface area contributed by atoms with Crippen LogP contribution in [-0.4, -0.2) is 30.1 Å². The number of pyridine rings is 2. The fourth-order valence-corrected chi connectivity index (χ4v) is 4.54. The topological polar surface area (TPSA) is 83.1 Å². The molecule has 0 amide bonds. The highest BCUT2D eigenvalue weighted by Gasteiger charge is 2.17. The number of hydrogen-bond donors (Lipinski definition) is 2. The van der Waals surface area contributed by atoms with Gasteiger partial charge in [0.1, 0.15) is 5.69 Å². The molecule has 0 unspecified atom stereocenters. The van der Waals surface area contributed by atoms with Gasteiger partial charge in [0.15, 0.2) is 11.0 Å². The summed E-state index contributed by atoms with van der Waals surface area (Å²) >= 11 is 1.11. The van der Waals surface area contributed by atoms with Gasteiger partial charge in [-0.25, -0.2) is 4.98 Å². The Bertz CT molecular complexity index is 1580. The Labute approximate surface area is 179 Å². The molecule has 5 aromatic heterocycles. The highest BCUT2D eigenvalue weighted by atomic mass is 32.1. The predicted molar refractivity (Wildman–Crippen MR) is 120 cm³/mol. The lowest BCUT2D eigenvalue weighted by atomic mass is 10.1. The van der Waals surface area contributed by atoms with Gasteiger partial charge in [0.25, 0.3) is 0 Å². The average molecular weight is 426 g/mol. The van der Waals surface area contributed by atoms with Crippen LogP contribution in [0.2, 0.25) is 0 Å². The van der Waals surface area contributed by atoms with Crippen LogP contribution in [-0.2, 0) is 0 Å². The molecule has 6 nitrogen and oxygen atoms in total. The van der Waals surface area contributed by atoms with E-state index in [1.807, 2.05) is 43.5 Å². The molecule has 1 aromatic carbocycles. The molecule has 31 heavy (non-hydrogen) atoms. The van der Waals surface area contributed by atoms with Gasteiger partial charge in [-0.05, 0) is 42.8 Å².